The Morgan fingerprint density at radius 3 is 2.59 bits per heavy atom. The van der Waals surface area contributed by atoms with Crippen LogP contribution in [0.5, 0.6) is 0 Å². The minimum atomic E-state index is -0.646. The third-order valence-electron chi connectivity index (χ3n) is 5.45. The summed E-state index contributed by atoms with van der Waals surface area (Å²) in [5.41, 5.74) is 2.37. The molecule has 0 spiro atoms. The lowest BCUT2D eigenvalue weighted by Gasteiger charge is -2.27. The minimum absolute atomic E-state index is 0.0189. The van der Waals surface area contributed by atoms with Crippen molar-refractivity contribution in [3.8, 4) is 0 Å². The summed E-state index contributed by atoms with van der Waals surface area (Å²) in [7, 11) is 1.36. The first-order valence-electron chi connectivity index (χ1n) is 7.98. The van der Waals surface area contributed by atoms with Crippen molar-refractivity contribution in [1.82, 2.24) is 0 Å². The number of rotatable bonds is 3. The van der Waals surface area contributed by atoms with Crippen molar-refractivity contribution < 1.29 is 19.4 Å². The van der Waals surface area contributed by atoms with E-state index in [1.54, 1.807) is 6.92 Å². The molecule has 0 saturated heterocycles. The monoisotopic (exact) mass is 306 g/mol. The van der Waals surface area contributed by atoms with E-state index in [9.17, 15) is 14.7 Å². The highest BCUT2D eigenvalue weighted by atomic mass is 16.5. The van der Waals surface area contributed by atoms with Crippen molar-refractivity contribution in [2.45, 2.75) is 46.1 Å². The van der Waals surface area contributed by atoms with Gasteiger partial charge in [-0.15, -0.1) is 0 Å². The Morgan fingerprint density at radius 2 is 2.05 bits per heavy atom. The molecule has 0 amide bonds. The molecule has 1 N–H and O–H groups in total. The average molecular weight is 306 g/mol. The fraction of sp³-hybridized carbons (Fsp3) is 0.667. The van der Waals surface area contributed by atoms with Crippen molar-refractivity contribution in [3.63, 3.8) is 0 Å². The van der Waals surface area contributed by atoms with Crippen LogP contribution in [0.15, 0.2) is 23.3 Å². The molecule has 0 aliphatic heterocycles. The molecule has 0 heterocycles. The van der Waals surface area contributed by atoms with E-state index in [2.05, 4.69) is 13.5 Å². The molecule has 22 heavy (non-hydrogen) atoms. The molecule has 122 valence electrons. The van der Waals surface area contributed by atoms with Gasteiger partial charge in [0.15, 0.2) is 5.78 Å². The number of Topliss-reactive ketones (excluding diaryl/α,β-unsaturated/α-hetero) is 1. The van der Waals surface area contributed by atoms with E-state index in [4.69, 9.17) is 4.74 Å². The molecule has 1 saturated carbocycles. The molecule has 4 nitrogen and oxygen atoms in total. The Morgan fingerprint density at radius 1 is 1.41 bits per heavy atom. The first-order valence-corrected chi connectivity index (χ1v) is 7.98. The number of hydrogen-bond acceptors (Lipinski definition) is 4. The molecular formula is C18H26O4. The van der Waals surface area contributed by atoms with Crippen LogP contribution in [0.1, 0.15) is 40.0 Å². The third-order valence-corrected chi connectivity index (χ3v) is 5.45. The van der Waals surface area contributed by atoms with Gasteiger partial charge in [-0.3, -0.25) is 4.79 Å². The number of fused-ring (bicyclic) bond motifs is 1. The van der Waals surface area contributed by atoms with Gasteiger partial charge in [-0.05, 0) is 56.4 Å². The number of aliphatic hydroxyl groups is 1. The van der Waals surface area contributed by atoms with Gasteiger partial charge in [0.05, 0.1) is 19.1 Å². The van der Waals surface area contributed by atoms with Gasteiger partial charge in [0.25, 0.3) is 0 Å². The predicted molar refractivity (Wildman–Crippen MR) is 84.0 cm³/mol. The topological polar surface area (TPSA) is 63.6 Å². The van der Waals surface area contributed by atoms with Crippen molar-refractivity contribution >= 4 is 11.8 Å². The highest BCUT2D eigenvalue weighted by Gasteiger charge is 2.46. The van der Waals surface area contributed by atoms with E-state index in [0.717, 1.165) is 24.0 Å². The first kappa shape index (κ1) is 16.9. The maximum absolute atomic E-state index is 12.5. The van der Waals surface area contributed by atoms with Gasteiger partial charge in [-0.1, -0.05) is 19.1 Å². The number of aliphatic hydroxyl groups excluding tert-OH is 1. The Labute approximate surface area is 132 Å². The van der Waals surface area contributed by atoms with Gasteiger partial charge >= 0.3 is 5.97 Å². The van der Waals surface area contributed by atoms with Crippen molar-refractivity contribution in [3.05, 3.63) is 23.3 Å². The molecule has 2 aliphatic carbocycles. The zero-order valence-corrected chi connectivity index (χ0v) is 13.9. The largest absolute Gasteiger partial charge is 0.466 e. The van der Waals surface area contributed by atoms with Crippen molar-refractivity contribution in [1.29, 1.82) is 0 Å². The number of carbonyl (C=O) groups is 2. The highest BCUT2D eigenvalue weighted by molar-refractivity contribution is 6.01. The van der Waals surface area contributed by atoms with Crippen LogP contribution in [0.4, 0.5) is 0 Å². The third kappa shape index (κ3) is 2.76. The van der Waals surface area contributed by atoms with Crippen molar-refractivity contribution in [2.24, 2.45) is 23.7 Å². The number of allylic oxidation sites excluding steroid dienone is 2. The summed E-state index contributed by atoms with van der Waals surface area (Å²) in [4.78, 5) is 24.3. The number of hydrogen-bond donors (Lipinski definition) is 1. The van der Waals surface area contributed by atoms with Gasteiger partial charge in [0.2, 0.25) is 0 Å². The van der Waals surface area contributed by atoms with Gasteiger partial charge in [-0.25, -0.2) is 4.79 Å². The van der Waals surface area contributed by atoms with Gasteiger partial charge < -0.3 is 9.84 Å². The average Bonchev–Trinajstić information content (AvgIpc) is 2.62. The van der Waals surface area contributed by atoms with Crippen LogP contribution < -0.4 is 0 Å². The maximum Gasteiger partial charge on any atom is 0.333 e. The van der Waals surface area contributed by atoms with Crippen LogP contribution in [0, 0.1) is 23.7 Å². The fourth-order valence-electron chi connectivity index (χ4n) is 4.15. The number of methoxy groups -OCH3 is 1. The number of carbonyl (C=O) groups excluding carboxylic acids is 2. The second kappa shape index (κ2) is 6.37. The molecule has 2 rings (SSSR count). The molecule has 0 bridgehead atoms. The van der Waals surface area contributed by atoms with Gasteiger partial charge in [-0.2, -0.15) is 0 Å². The summed E-state index contributed by atoms with van der Waals surface area (Å²) in [5, 5.41) is 10.1. The van der Waals surface area contributed by atoms with Gasteiger partial charge in [0.1, 0.15) is 0 Å². The number of esters is 1. The quantitative estimate of drug-likeness (QED) is 0.643. The van der Waals surface area contributed by atoms with E-state index in [1.165, 1.54) is 7.11 Å². The lowest BCUT2D eigenvalue weighted by Crippen LogP contribution is -2.32. The number of ether oxygens (including phenoxy) is 1. The molecule has 2 aliphatic rings. The highest BCUT2D eigenvalue weighted by Crippen LogP contribution is 2.48. The molecule has 0 aromatic rings. The first-order chi connectivity index (χ1) is 10.3. The summed E-state index contributed by atoms with van der Waals surface area (Å²) in [5.74, 6) is -0.230. The van der Waals surface area contributed by atoms with Crippen LogP contribution in [-0.2, 0) is 14.3 Å². The van der Waals surface area contributed by atoms with Crippen LogP contribution in [0.25, 0.3) is 0 Å². The van der Waals surface area contributed by atoms with Crippen LogP contribution in [0.2, 0.25) is 0 Å². The van der Waals surface area contributed by atoms with E-state index in [0.29, 0.717) is 17.9 Å². The molecule has 0 radical (unpaired) electrons. The minimum Gasteiger partial charge on any atom is -0.466 e. The number of ketones is 1. The molecule has 5 atom stereocenters. The SMILES string of the molecule is C=C(C(=O)OC)[C@@H]1CC[C@H](C)[C@H]2C(=C(C)C(=O)[C@@H]2[C@@H](C)O)C1. The lowest BCUT2D eigenvalue weighted by atomic mass is 9.77. The lowest BCUT2D eigenvalue weighted by molar-refractivity contribution is -0.136. The molecule has 0 aromatic carbocycles. The smallest absolute Gasteiger partial charge is 0.333 e. The van der Waals surface area contributed by atoms with Crippen LogP contribution in [-0.4, -0.2) is 30.1 Å². The zero-order chi connectivity index (χ0) is 16.6. The summed E-state index contributed by atoms with van der Waals surface area (Å²) < 4.78 is 4.79. The van der Waals surface area contributed by atoms with E-state index < -0.39 is 6.10 Å². The van der Waals surface area contributed by atoms with Crippen molar-refractivity contribution in [2.75, 3.05) is 7.11 Å². The molecule has 1 fully saturated rings. The normalized spacial score (nSPS) is 33.2. The van der Waals surface area contributed by atoms with Crippen LogP contribution >= 0.6 is 0 Å². The molecule has 0 aromatic heterocycles. The predicted octanol–water partition coefficient (Wildman–Crippen LogP) is 2.66. The van der Waals surface area contributed by atoms with E-state index >= 15 is 0 Å². The standard InChI is InChI=1S/C18H26O4/c1-9-6-7-13(10(2)18(21)22-5)8-14-11(3)17(20)16(12(4)19)15(9)14/h9,12-13,15-16,19H,2,6-8H2,1,3-5H3/t9-,12+,13+,15-,16+/m0/s1. The molecule has 0 unspecified atom stereocenters. The Balaban J connectivity index is 2.34. The second-order valence-corrected chi connectivity index (χ2v) is 6.78. The Hall–Kier alpha value is -1.42. The summed E-state index contributed by atoms with van der Waals surface area (Å²) in [6, 6.07) is 0. The molecular weight excluding hydrogens is 280 g/mol. The second-order valence-electron chi connectivity index (χ2n) is 6.78. The van der Waals surface area contributed by atoms with E-state index in [1.807, 2.05) is 6.92 Å². The Bertz CT molecular complexity index is 529. The zero-order valence-electron chi connectivity index (χ0n) is 13.9. The summed E-state index contributed by atoms with van der Waals surface area (Å²) in [6.07, 6.45) is 1.80. The van der Waals surface area contributed by atoms with E-state index in [-0.39, 0.29) is 29.5 Å². The molecule has 4 heteroatoms. The maximum atomic E-state index is 12.5. The fourth-order valence-corrected chi connectivity index (χ4v) is 4.15. The summed E-state index contributed by atoms with van der Waals surface area (Å²) >= 11 is 0. The summed E-state index contributed by atoms with van der Waals surface area (Å²) in [6.45, 7) is 9.58. The Kier molecular flexibility index (Phi) is 4.90. The van der Waals surface area contributed by atoms with Crippen LogP contribution in [0.3, 0.4) is 0 Å². The van der Waals surface area contributed by atoms with Gasteiger partial charge in [0, 0.05) is 5.57 Å².